The first-order chi connectivity index (χ1) is 9.51. The Balaban J connectivity index is 2.06. The number of anilines is 1. The third-order valence-corrected chi connectivity index (χ3v) is 4.59. The molecule has 1 fully saturated rings. The number of hydrogen-bond acceptors (Lipinski definition) is 3. The fourth-order valence-electron chi connectivity index (χ4n) is 2.93. The SMILES string of the molecule is CCC(N)Cc1ccc(N2CCC(N(C)C)C2)cc1C. The van der Waals surface area contributed by atoms with E-state index in [1.807, 2.05) is 0 Å². The summed E-state index contributed by atoms with van der Waals surface area (Å²) in [6.07, 6.45) is 3.29. The first-order valence-corrected chi connectivity index (χ1v) is 7.77. The molecule has 20 heavy (non-hydrogen) atoms. The average Bonchev–Trinajstić information content (AvgIpc) is 2.90. The molecule has 1 aliphatic heterocycles. The molecule has 0 amide bonds. The standard InChI is InChI=1S/C17H29N3/c1-5-15(18)11-14-6-7-16(10-13(14)2)20-9-8-17(12-20)19(3)4/h6-7,10,15,17H,5,8-9,11-12,18H2,1-4H3. The number of benzene rings is 1. The molecular weight excluding hydrogens is 246 g/mol. The molecule has 2 atom stereocenters. The van der Waals surface area contributed by atoms with Crippen molar-refractivity contribution in [2.75, 3.05) is 32.1 Å². The van der Waals surface area contributed by atoms with Crippen molar-refractivity contribution in [3.8, 4) is 0 Å². The number of likely N-dealkylation sites (N-methyl/N-ethyl adjacent to an activating group) is 1. The van der Waals surface area contributed by atoms with Crippen LogP contribution in [0.15, 0.2) is 18.2 Å². The van der Waals surface area contributed by atoms with E-state index in [0.717, 1.165) is 25.9 Å². The smallest absolute Gasteiger partial charge is 0.0369 e. The molecule has 3 nitrogen and oxygen atoms in total. The van der Waals surface area contributed by atoms with Gasteiger partial charge in [0.15, 0.2) is 0 Å². The highest BCUT2D eigenvalue weighted by atomic mass is 15.2. The Kier molecular flexibility index (Phi) is 5.06. The molecule has 0 bridgehead atoms. The van der Waals surface area contributed by atoms with E-state index in [9.17, 15) is 0 Å². The van der Waals surface area contributed by atoms with E-state index in [1.54, 1.807) is 0 Å². The highest BCUT2D eigenvalue weighted by Crippen LogP contribution is 2.25. The summed E-state index contributed by atoms with van der Waals surface area (Å²) >= 11 is 0. The van der Waals surface area contributed by atoms with Crippen molar-refractivity contribution in [2.45, 2.75) is 45.2 Å². The molecule has 0 saturated carbocycles. The first-order valence-electron chi connectivity index (χ1n) is 7.77. The summed E-state index contributed by atoms with van der Waals surface area (Å²) in [6.45, 7) is 6.66. The molecule has 1 aromatic rings. The molecule has 2 unspecified atom stereocenters. The third-order valence-electron chi connectivity index (χ3n) is 4.59. The van der Waals surface area contributed by atoms with Gasteiger partial charge in [-0.1, -0.05) is 13.0 Å². The zero-order valence-corrected chi connectivity index (χ0v) is 13.4. The van der Waals surface area contributed by atoms with Crippen LogP contribution in [0.25, 0.3) is 0 Å². The number of hydrogen-bond donors (Lipinski definition) is 1. The summed E-state index contributed by atoms with van der Waals surface area (Å²) in [7, 11) is 4.35. The van der Waals surface area contributed by atoms with Crippen molar-refractivity contribution in [1.29, 1.82) is 0 Å². The maximum Gasteiger partial charge on any atom is 0.0369 e. The zero-order valence-electron chi connectivity index (χ0n) is 13.4. The summed E-state index contributed by atoms with van der Waals surface area (Å²) in [5.41, 5.74) is 10.2. The lowest BCUT2D eigenvalue weighted by molar-refractivity contribution is 0.315. The van der Waals surface area contributed by atoms with Crippen molar-refractivity contribution < 1.29 is 0 Å². The highest BCUT2D eigenvalue weighted by Gasteiger charge is 2.24. The van der Waals surface area contributed by atoms with E-state index >= 15 is 0 Å². The molecule has 1 aliphatic rings. The second kappa shape index (κ2) is 6.59. The second-order valence-electron chi connectivity index (χ2n) is 6.34. The summed E-state index contributed by atoms with van der Waals surface area (Å²) < 4.78 is 0. The number of aryl methyl sites for hydroxylation is 1. The Morgan fingerprint density at radius 2 is 2.15 bits per heavy atom. The number of nitrogens with zero attached hydrogens (tertiary/aromatic N) is 2. The van der Waals surface area contributed by atoms with Gasteiger partial charge in [0.25, 0.3) is 0 Å². The van der Waals surface area contributed by atoms with Gasteiger partial charge in [-0.05, 0) is 63.5 Å². The number of rotatable bonds is 5. The minimum atomic E-state index is 0.282. The lowest BCUT2D eigenvalue weighted by Gasteiger charge is -2.23. The van der Waals surface area contributed by atoms with Crippen LogP contribution in [-0.2, 0) is 6.42 Å². The van der Waals surface area contributed by atoms with E-state index in [4.69, 9.17) is 5.73 Å². The minimum Gasteiger partial charge on any atom is -0.370 e. The minimum absolute atomic E-state index is 0.282. The predicted molar refractivity (Wildman–Crippen MR) is 87.5 cm³/mol. The molecule has 2 rings (SSSR count). The molecule has 112 valence electrons. The quantitative estimate of drug-likeness (QED) is 0.896. The molecule has 2 N–H and O–H groups in total. The lowest BCUT2D eigenvalue weighted by atomic mass is 9.99. The van der Waals surface area contributed by atoms with Gasteiger partial charge in [-0.3, -0.25) is 0 Å². The second-order valence-corrected chi connectivity index (χ2v) is 6.34. The van der Waals surface area contributed by atoms with Crippen molar-refractivity contribution in [3.05, 3.63) is 29.3 Å². The van der Waals surface area contributed by atoms with Crippen molar-refractivity contribution >= 4 is 5.69 Å². The van der Waals surface area contributed by atoms with Gasteiger partial charge in [0.05, 0.1) is 0 Å². The van der Waals surface area contributed by atoms with Gasteiger partial charge >= 0.3 is 0 Å². The van der Waals surface area contributed by atoms with Crippen LogP contribution >= 0.6 is 0 Å². The van der Waals surface area contributed by atoms with Gasteiger partial charge < -0.3 is 15.5 Å². The van der Waals surface area contributed by atoms with Crippen LogP contribution in [0.3, 0.4) is 0 Å². The molecule has 3 heteroatoms. The van der Waals surface area contributed by atoms with Gasteiger partial charge in [0.1, 0.15) is 0 Å². The van der Waals surface area contributed by atoms with Gasteiger partial charge in [-0.25, -0.2) is 0 Å². The van der Waals surface area contributed by atoms with Crippen molar-refractivity contribution in [1.82, 2.24) is 4.90 Å². The normalized spacial score (nSPS) is 20.7. The predicted octanol–water partition coefficient (Wildman–Crippen LogP) is 2.42. The van der Waals surface area contributed by atoms with Crippen LogP contribution in [0.2, 0.25) is 0 Å². The van der Waals surface area contributed by atoms with Gasteiger partial charge in [0, 0.05) is 30.9 Å². The van der Waals surface area contributed by atoms with E-state index in [0.29, 0.717) is 6.04 Å². The topological polar surface area (TPSA) is 32.5 Å². The molecule has 0 aliphatic carbocycles. The van der Waals surface area contributed by atoms with E-state index in [-0.39, 0.29) is 6.04 Å². The van der Waals surface area contributed by atoms with Crippen LogP contribution in [0.4, 0.5) is 5.69 Å². The van der Waals surface area contributed by atoms with E-state index < -0.39 is 0 Å². The average molecular weight is 275 g/mol. The molecule has 0 radical (unpaired) electrons. The largest absolute Gasteiger partial charge is 0.370 e. The lowest BCUT2D eigenvalue weighted by Crippen LogP contribution is -2.31. The van der Waals surface area contributed by atoms with Crippen LogP contribution in [0.1, 0.15) is 30.9 Å². The van der Waals surface area contributed by atoms with Crippen LogP contribution in [-0.4, -0.2) is 44.2 Å². The molecular formula is C17H29N3. The van der Waals surface area contributed by atoms with Crippen LogP contribution in [0, 0.1) is 6.92 Å². The van der Waals surface area contributed by atoms with E-state index in [2.05, 4.69) is 55.9 Å². The van der Waals surface area contributed by atoms with Gasteiger partial charge in [0.2, 0.25) is 0 Å². The maximum absolute atomic E-state index is 6.07. The molecule has 1 saturated heterocycles. The zero-order chi connectivity index (χ0) is 14.7. The monoisotopic (exact) mass is 275 g/mol. The number of nitrogens with two attached hydrogens (primary N) is 1. The van der Waals surface area contributed by atoms with Crippen LogP contribution in [0.5, 0.6) is 0 Å². The highest BCUT2D eigenvalue weighted by molar-refractivity contribution is 5.52. The first kappa shape index (κ1) is 15.3. The molecule has 1 aromatic carbocycles. The summed E-state index contributed by atoms with van der Waals surface area (Å²) in [5.74, 6) is 0. The van der Waals surface area contributed by atoms with Crippen LogP contribution < -0.4 is 10.6 Å². The summed E-state index contributed by atoms with van der Waals surface area (Å²) in [5, 5.41) is 0. The summed E-state index contributed by atoms with van der Waals surface area (Å²) in [4.78, 5) is 4.84. The molecule has 0 spiro atoms. The Morgan fingerprint density at radius 3 is 2.70 bits per heavy atom. The van der Waals surface area contributed by atoms with Gasteiger partial charge in [-0.15, -0.1) is 0 Å². The summed E-state index contributed by atoms with van der Waals surface area (Å²) in [6, 6.07) is 7.83. The Bertz CT molecular complexity index is 442. The fraction of sp³-hybridized carbons (Fsp3) is 0.647. The van der Waals surface area contributed by atoms with Crippen molar-refractivity contribution in [3.63, 3.8) is 0 Å². The third kappa shape index (κ3) is 3.53. The van der Waals surface area contributed by atoms with Gasteiger partial charge in [-0.2, -0.15) is 0 Å². The maximum atomic E-state index is 6.07. The van der Waals surface area contributed by atoms with E-state index in [1.165, 1.54) is 23.2 Å². The molecule has 1 heterocycles. The molecule has 0 aromatic heterocycles. The Hall–Kier alpha value is -1.06. The Labute approximate surface area is 123 Å². The Morgan fingerprint density at radius 1 is 1.40 bits per heavy atom. The fourth-order valence-corrected chi connectivity index (χ4v) is 2.93. The van der Waals surface area contributed by atoms with Crippen molar-refractivity contribution in [2.24, 2.45) is 5.73 Å².